The number of ether oxygens (including phenoxy) is 1. The molecular weight excluding hydrogens is 270 g/mol. The predicted octanol–water partition coefficient (Wildman–Crippen LogP) is 0.726. The number of nitrogens with zero attached hydrogens (tertiary/aromatic N) is 5. The first-order valence-electron chi connectivity index (χ1n) is 6.73. The van der Waals surface area contributed by atoms with Crippen LogP contribution in [0, 0.1) is 6.92 Å². The molecule has 0 radical (unpaired) electrons. The molecule has 2 rings (SSSR count). The first-order chi connectivity index (χ1) is 9.95. The summed E-state index contributed by atoms with van der Waals surface area (Å²) in [5.41, 5.74) is 1.86. The summed E-state index contributed by atoms with van der Waals surface area (Å²) in [6.07, 6.45) is 3.16. The highest BCUT2D eigenvalue weighted by Gasteiger charge is 2.24. The Morgan fingerprint density at radius 1 is 1.33 bits per heavy atom. The molecule has 0 atom stereocenters. The maximum absolute atomic E-state index is 12.8. The fourth-order valence-corrected chi connectivity index (χ4v) is 2.06. The van der Waals surface area contributed by atoms with Crippen LogP contribution in [0.25, 0.3) is 0 Å². The second-order valence-corrected chi connectivity index (χ2v) is 5.18. The number of methoxy groups -OCH3 is 1. The Morgan fingerprint density at radius 3 is 2.57 bits per heavy atom. The molecule has 0 saturated carbocycles. The van der Waals surface area contributed by atoms with Crippen LogP contribution in [0.3, 0.4) is 0 Å². The van der Waals surface area contributed by atoms with Crippen molar-refractivity contribution in [1.82, 2.24) is 24.5 Å². The van der Waals surface area contributed by atoms with E-state index in [0.717, 1.165) is 12.2 Å². The molecule has 0 aliphatic heterocycles. The third-order valence-corrected chi connectivity index (χ3v) is 3.48. The molecule has 2 aromatic heterocycles. The maximum atomic E-state index is 12.8. The Bertz CT molecular complexity index is 642. The molecule has 0 bridgehead atoms. The maximum Gasteiger partial charge on any atom is 0.218 e. The van der Waals surface area contributed by atoms with E-state index in [1.165, 1.54) is 0 Å². The topological polar surface area (TPSA) is 65.2 Å². The summed E-state index contributed by atoms with van der Waals surface area (Å²) in [5, 5.41) is 8.38. The zero-order chi connectivity index (χ0) is 15.6. The number of likely N-dealkylation sites (N-methyl/N-ethyl adjacent to an activating group) is 1. The second-order valence-electron chi connectivity index (χ2n) is 5.18. The van der Waals surface area contributed by atoms with Crippen LogP contribution < -0.4 is 4.74 Å². The predicted molar refractivity (Wildman–Crippen MR) is 78.7 cm³/mol. The Morgan fingerprint density at radius 2 is 2.05 bits per heavy atom. The average Bonchev–Trinajstić information content (AvgIpc) is 3.00. The Labute approximate surface area is 124 Å². The van der Waals surface area contributed by atoms with Crippen molar-refractivity contribution in [2.24, 2.45) is 7.05 Å². The first kappa shape index (κ1) is 15.2. The number of rotatable bonds is 6. The number of carbonyl (C=O) groups excluding carboxylic acids is 1. The van der Waals surface area contributed by atoms with E-state index in [4.69, 9.17) is 4.74 Å². The largest absolute Gasteiger partial charge is 0.493 e. The summed E-state index contributed by atoms with van der Waals surface area (Å²) >= 11 is 0. The summed E-state index contributed by atoms with van der Waals surface area (Å²) in [5.74, 6) is 0.371. The van der Waals surface area contributed by atoms with Gasteiger partial charge in [-0.3, -0.25) is 14.2 Å². The van der Waals surface area contributed by atoms with Gasteiger partial charge in [0.15, 0.2) is 11.4 Å². The summed E-state index contributed by atoms with van der Waals surface area (Å²) in [6.45, 7) is 3.28. The van der Waals surface area contributed by atoms with Gasteiger partial charge in [-0.2, -0.15) is 10.2 Å². The van der Waals surface area contributed by atoms with Gasteiger partial charge in [-0.15, -0.1) is 0 Å². The summed E-state index contributed by atoms with van der Waals surface area (Å²) in [7, 11) is 7.31. The van der Waals surface area contributed by atoms with Crippen LogP contribution in [0.4, 0.5) is 0 Å². The van der Waals surface area contributed by atoms with Gasteiger partial charge in [0.1, 0.15) is 0 Å². The van der Waals surface area contributed by atoms with Crippen LogP contribution in [0.15, 0.2) is 12.4 Å². The number of hydrogen-bond donors (Lipinski definition) is 0. The number of hydrogen-bond acceptors (Lipinski definition) is 5. The number of aromatic nitrogens is 4. The molecule has 2 aromatic rings. The van der Waals surface area contributed by atoms with Crippen molar-refractivity contribution < 1.29 is 9.53 Å². The van der Waals surface area contributed by atoms with Gasteiger partial charge in [0.2, 0.25) is 5.78 Å². The van der Waals surface area contributed by atoms with Gasteiger partial charge in [0.05, 0.1) is 31.6 Å². The summed E-state index contributed by atoms with van der Waals surface area (Å²) < 4.78 is 8.65. The molecule has 0 fully saturated rings. The van der Waals surface area contributed by atoms with Gasteiger partial charge >= 0.3 is 0 Å². The summed E-state index contributed by atoms with van der Waals surface area (Å²) in [6, 6.07) is 0. The van der Waals surface area contributed by atoms with E-state index in [-0.39, 0.29) is 5.78 Å². The van der Waals surface area contributed by atoms with Crippen LogP contribution in [-0.4, -0.2) is 58.0 Å². The highest BCUT2D eigenvalue weighted by atomic mass is 16.5. The molecule has 0 aliphatic rings. The van der Waals surface area contributed by atoms with Crippen molar-refractivity contribution in [3.8, 4) is 5.75 Å². The lowest BCUT2D eigenvalue weighted by Gasteiger charge is -2.12. The van der Waals surface area contributed by atoms with E-state index >= 15 is 0 Å². The van der Waals surface area contributed by atoms with Gasteiger partial charge in [-0.05, 0) is 21.0 Å². The van der Waals surface area contributed by atoms with Gasteiger partial charge in [-0.25, -0.2) is 0 Å². The van der Waals surface area contributed by atoms with E-state index in [0.29, 0.717) is 23.6 Å². The quantitative estimate of drug-likeness (QED) is 0.734. The monoisotopic (exact) mass is 291 g/mol. The third-order valence-electron chi connectivity index (χ3n) is 3.48. The molecule has 0 amide bonds. The second kappa shape index (κ2) is 6.09. The zero-order valence-corrected chi connectivity index (χ0v) is 13.1. The molecule has 2 heterocycles. The average molecular weight is 291 g/mol. The third kappa shape index (κ3) is 2.97. The molecule has 21 heavy (non-hydrogen) atoms. The Hall–Kier alpha value is -2.15. The molecule has 0 unspecified atom stereocenters. The normalized spacial score (nSPS) is 11.1. The fourth-order valence-electron chi connectivity index (χ4n) is 2.06. The van der Waals surface area contributed by atoms with Gasteiger partial charge in [0.25, 0.3) is 0 Å². The highest BCUT2D eigenvalue weighted by Crippen LogP contribution is 2.22. The highest BCUT2D eigenvalue weighted by molar-refractivity contribution is 6.10. The number of aryl methyl sites for hydroxylation is 1. The minimum atomic E-state index is -0.117. The smallest absolute Gasteiger partial charge is 0.218 e. The standard InChI is InChI=1S/C14H21N5O2/c1-10-11(8-15-18(10)4)14(20)13-12(21-5)9-16-19(13)7-6-17(2)3/h8-9H,6-7H2,1-5H3. The number of carbonyl (C=O) groups is 1. The minimum Gasteiger partial charge on any atom is -0.493 e. The lowest BCUT2D eigenvalue weighted by Crippen LogP contribution is -2.22. The molecule has 0 saturated heterocycles. The molecule has 7 heteroatoms. The molecular formula is C14H21N5O2. The molecule has 0 aliphatic carbocycles. The number of ketones is 1. The zero-order valence-electron chi connectivity index (χ0n) is 13.1. The Kier molecular flexibility index (Phi) is 4.42. The van der Waals surface area contributed by atoms with Gasteiger partial charge in [0, 0.05) is 19.3 Å². The van der Waals surface area contributed by atoms with E-state index in [1.54, 1.807) is 28.9 Å². The molecule has 114 valence electrons. The van der Waals surface area contributed by atoms with E-state index in [2.05, 4.69) is 10.2 Å². The minimum absolute atomic E-state index is 0.117. The van der Waals surface area contributed by atoms with Crippen molar-refractivity contribution in [1.29, 1.82) is 0 Å². The Balaban J connectivity index is 2.39. The van der Waals surface area contributed by atoms with Gasteiger partial charge in [-0.1, -0.05) is 0 Å². The first-order valence-corrected chi connectivity index (χ1v) is 6.73. The lowest BCUT2D eigenvalue weighted by molar-refractivity contribution is 0.102. The molecule has 7 nitrogen and oxygen atoms in total. The molecule has 0 N–H and O–H groups in total. The van der Waals surface area contributed by atoms with E-state index in [1.807, 2.05) is 33.0 Å². The molecule has 0 spiro atoms. The van der Waals surface area contributed by atoms with Crippen LogP contribution in [-0.2, 0) is 13.6 Å². The van der Waals surface area contributed by atoms with E-state index in [9.17, 15) is 4.79 Å². The van der Waals surface area contributed by atoms with Crippen LogP contribution in [0.1, 0.15) is 21.7 Å². The van der Waals surface area contributed by atoms with Crippen molar-refractivity contribution in [3.05, 3.63) is 29.3 Å². The van der Waals surface area contributed by atoms with Crippen LogP contribution in [0.5, 0.6) is 5.75 Å². The van der Waals surface area contributed by atoms with Crippen molar-refractivity contribution in [2.45, 2.75) is 13.5 Å². The van der Waals surface area contributed by atoms with Crippen molar-refractivity contribution in [2.75, 3.05) is 27.7 Å². The lowest BCUT2D eigenvalue weighted by atomic mass is 10.1. The van der Waals surface area contributed by atoms with Gasteiger partial charge < -0.3 is 9.64 Å². The van der Waals surface area contributed by atoms with Crippen LogP contribution in [0.2, 0.25) is 0 Å². The SMILES string of the molecule is COc1cnn(CCN(C)C)c1C(=O)c1cnn(C)c1C. The summed E-state index contributed by atoms with van der Waals surface area (Å²) in [4.78, 5) is 14.8. The molecule has 0 aromatic carbocycles. The van der Waals surface area contributed by atoms with E-state index < -0.39 is 0 Å². The van der Waals surface area contributed by atoms with Crippen LogP contribution >= 0.6 is 0 Å². The fraction of sp³-hybridized carbons (Fsp3) is 0.500. The van der Waals surface area contributed by atoms with Crippen molar-refractivity contribution in [3.63, 3.8) is 0 Å². The van der Waals surface area contributed by atoms with Crippen molar-refractivity contribution >= 4 is 5.78 Å².